The summed E-state index contributed by atoms with van der Waals surface area (Å²) in [6.45, 7) is 0.877. The van der Waals surface area contributed by atoms with Gasteiger partial charge in [0.2, 0.25) is 0 Å². The molecular weight excluding hydrogens is 208 g/mol. The Morgan fingerprint density at radius 1 is 1.53 bits per heavy atom. The number of aromatic nitrogens is 1. The maximum atomic E-state index is 5.49. The highest BCUT2D eigenvalue weighted by Gasteiger charge is 2.24. The number of hydrogen-bond donors (Lipinski definition) is 1. The van der Waals surface area contributed by atoms with E-state index in [2.05, 4.69) is 10.3 Å². The van der Waals surface area contributed by atoms with Crippen LogP contribution in [0.1, 0.15) is 30.7 Å². The second-order valence-corrected chi connectivity index (χ2v) is 4.95. The first-order valence-electron chi connectivity index (χ1n) is 5.54. The molecule has 2 unspecified atom stereocenters. The molecular formula is C11H18N2OS. The van der Waals surface area contributed by atoms with Gasteiger partial charge in [0.25, 0.3) is 0 Å². The monoisotopic (exact) mass is 226 g/mol. The SMILES string of the molecule is COC1CCCCC1NCc1nccs1. The zero-order chi connectivity index (χ0) is 10.5. The summed E-state index contributed by atoms with van der Waals surface area (Å²) in [6, 6.07) is 0.507. The van der Waals surface area contributed by atoms with E-state index >= 15 is 0 Å². The first-order chi connectivity index (χ1) is 7.40. The van der Waals surface area contributed by atoms with Crippen molar-refractivity contribution in [2.45, 2.75) is 44.4 Å². The molecule has 0 aliphatic heterocycles. The van der Waals surface area contributed by atoms with Crippen LogP contribution in [0, 0.1) is 0 Å². The van der Waals surface area contributed by atoms with Crippen molar-refractivity contribution in [3.63, 3.8) is 0 Å². The van der Waals surface area contributed by atoms with Crippen LogP contribution in [0.4, 0.5) is 0 Å². The van der Waals surface area contributed by atoms with Gasteiger partial charge in [0.1, 0.15) is 5.01 Å². The lowest BCUT2D eigenvalue weighted by atomic mass is 9.92. The van der Waals surface area contributed by atoms with Gasteiger partial charge in [-0.15, -0.1) is 11.3 Å². The van der Waals surface area contributed by atoms with Crippen LogP contribution >= 0.6 is 11.3 Å². The number of ether oxygens (including phenoxy) is 1. The van der Waals surface area contributed by atoms with Gasteiger partial charge in [-0.05, 0) is 12.8 Å². The number of nitrogens with zero attached hydrogens (tertiary/aromatic N) is 1. The van der Waals surface area contributed by atoms with Crippen LogP contribution in [-0.2, 0) is 11.3 Å². The van der Waals surface area contributed by atoms with Gasteiger partial charge in [0, 0.05) is 31.3 Å². The van der Waals surface area contributed by atoms with Crippen LogP contribution in [0.15, 0.2) is 11.6 Å². The van der Waals surface area contributed by atoms with Crippen molar-refractivity contribution in [1.82, 2.24) is 10.3 Å². The van der Waals surface area contributed by atoms with Gasteiger partial charge in [-0.3, -0.25) is 0 Å². The summed E-state index contributed by atoms with van der Waals surface area (Å²) >= 11 is 1.71. The lowest BCUT2D eigenvalue weighted by Gasteiger charge is -2.30. The molecule has 1 aromatic rings. The number of rotatable bonds is 4. The third-order valence-corrected chi connectivity index (χ3v) is 3.78. The van der Waals surface area contributed by atoms with E-state index < -0.39 is 0 Å². The summed E-state index contributed by atoms with van der Waals surface area (Å²) in [6.07, 6.45) is 7.27. The summed E-state index contributed by atoms with van der Waals surface area (Å²) < 4.78 is 5.49. The molecule has 0 spiro atoms. The van der Waals surface area contributed by atoms with Crippen molar-refractivity contribution < 1.29 is 4.74 Å². The van der Waals surface area contributed by atoms with Crippen LogP contribution in [0.25, 0.3) is 0 Å². The van der Waals surface area contributed by atoms with E-state index in [1.165, 1.54) is 25.7 Å². The first-order valence-corrected chi connectivity index (χ1v) is 6.42. The predicted molar refractivity (Wildman–Crippen MR) is 62.0 cm³/mol. The Hall–Kier alpha value is -0.450. The van der Waals surface area contributed by atoms with Crippen molar-refractivity contribution in [2.75, 3.05) is 7.11 Å². The highest BCUT2D eigenvalue weighted by atomic mass is 32.1. The molecule has 4 heteroatoms. The minimum absolute atomic E-state index is 0.388. The van der Waals surface area contributed by atoms with Crippen molar-refractivity contribution in [1.29, 1.82) is 0 Å². The lowest BCUT2D eigenvalue weighted by Crippen LogP contribution is -2.42. The Labute approximate surface area is 94.9 Å². The number of nitrogens with one attached hydrogen (secondary N) is 1. The molecule has 0 amide bonds. The molecule has 15 heavy (non-hydrogen) atoms. The minimum atomic E-state index is 0.388. The summed E-state index contributed by atoms with van der Waals surface area (Å²) in [4.78, 5) is 4.27. The molecule has 1 N–H and O–H groups in total. The van der Waals surface area contributed by atoms with E-state index in [0.29, 0.717) is 12.1 Å². The Balaban J connectivity index is 1.81. The van der Waals surface area contributed by atoms with Crippen LogP contribution < -0.4 is 5.32 Å². The number of methoxy groups -OCH3 is 1. The van der Waals surface area contributed by atoms with Crippen LogP contribution in [-0.4, -0.2) is 24.2 Å². The summed E-state index contributed by atoms with van der Waals surface area (Å²) in [7, 11) is 1.81. The highest BCUT2D eigenvalue weighted by Crippen LogP contribution is 2.21. The van der Waals surface area contributed by atoms with E-state index in [0.717, 1.165) is 11.6 Å². The first kappa shape index (κ1) is 11.0. The second-order valence-electron chi connectivity index (χ2n) is 3.97. The molecule has 1 aromatic heterocycles. The van der Waals surface area contributed by atoms with Gasteiger partial charge in [-0.25, -0.2) is 4.98 Å². The molecule has 3 nitrogen and oxygen atoms in total. The Morgan fingerprint density at radius 3 is 3.13 bits per heavy atom. The molecule has 84 valence electrons. The van der Waals surface area contributed by atoms with Crippen molar-refractivity contribution >= 4 is 11.3 Å². The van der Waals surface area contributed by atoms with E-state index in [1.54, 1.807) is 11.3 Å². The number of thiazole rings is 1. The largest absolute Gasteiger partial charge is 0.380 e. The second kappa shape index (κ2) is 5.58. The fraction of sp³-hybridized carbons (Fsp3) is 0.727. The molecule has 0 saturated heterocycles. The smallest absolute Gasteiger partial charge is 0.106 e. The van der Waals surface area contributed by atoms with Gasteiger partial charge in [-0.1, -0.05) is 12.8 Å². The lowest BCUT2D eigenvalue weighted by molar-refractivity contribution is 0.0413. The average molecular weight is 226 g/mol. The third kappa shape index (κ3) is 3.00. The van der Waals surface area contributed by atoms with Crippen LogP contribution in [0.3, 0.4) is 0 Å². The van der Waals surface area contributed by atoms with Gasteiger partial charge in [0.05, 0.1) is 6.10 Å². The molecule has 1 saturated carbocycles. The van der Waals surface area contributed by atoms with Crippen molar-refractivity contribution in [3.05, 3.63) is 16.6 Å². The Morgan fingerprint density at radius 2 is 2.40 bits per heavy atom. The predicted octanol–water partition coefficient (Wildman–Crippen LogP) is 2.19. The molecule has 2 atom stereocenters. The maximum absolute atomic E-state index is 5.49. The normalized spacial score (nSPS) is 26.7. The van der Waals surface area contributed by atoms with Crippen molar-refractivity contribution in [3.8, 4) is 0 Å². The molecule has 1 aliphatic carbocycles. The Kier molecular flexibility index (Phi) is 4.11. The average Bonchev–Trinajstić information content (AvgIpc) is 2.79. The van der Waals surface area contributed by atoms with Gasteiger partial charge in [0.15, 0.2) is 0 Å². The van der Waals surface area contributed by atoms with Gasteiger partial charge >= 0.3 is 0 Å². The Bertz CT molecular complexity index is 276. The van der Waals surface area contributed by atoms with Gasteiger partial charge < -0.3 is 10.1 Å². The zero-order valence-electron chi connectivity index (χ0n) is 9.11. The standard InChI is InChI=1S/C11H18N2OS/c1-14-10-5-3-2-4-9(10)13-8-11-12-6-7-15-11/h6-7,9-10,13H,2-5,8H2,1H3. The van der Waals surface area contributed by atoms with E-state index in [4.69, 9.17) is 4.74 Å². The molecule has 0 radical (unpaired) electrons. The molecule has 1 fully saturated rings. The zero-order valence-corrected chi connectivity index (χ0v) is 9.93. The molecule has 0 aromatic carbocycles. The van der Waals surface area contributed by atoms with E-state index in [9.17, 15) is 0 Å². The summed E-state index contributed by atoms with van der Waals surface area (Å²) in [5.74, 6) is 0. The van der Waals surface area contributed by atoms with Crippen LogP contribution in [0.2, 0.25) is 0 Å². The molecule has 0 bridgehead atoms. The van der Waals surface area contributed by atoms with E-state index in [-0.39, 0.29) is 0 Å². The topological polar surface area (TPSA) is 34.1 Å². The van der Waals surface area contributed by atoms with E-state index in [1.807, 2.05) is 18.7 Å². The van der Waals surface area contributed by atoms with Crippen molar-refractivity contribution in [2.24, 2.45) is 0 Å². The molecule has 2 rings (SSSR count). The highest BCUT2D eigenvalue weighted by molar-refractivity contribution is 7.09. The fourth-order valence-corrected chi connectivity index (χ4v) is 2.74. The van der Waals surface area contributed by atoms with Gasteiger partial charge in [-0.2, -0.15) is 0 Å². The summed E-state index contributed by atoms with van der Waals surface area (Å²) in [5, 5.41) is 6.73. The van der Waals surface area contributed by atoms with Crippen LogP contribution in [0.5, 0.6) is 0 Å². The quantitative estimate of drug-likeness (QED) is 0.854. The molecule has 1 heterocycles. The number of hydrogen-bond acceptors (Lipinski definition) is 4. The fourth-order valence-electron chi connectivity index (χ4n) is 2.17. The minimum Gasteiger partial charge on any atom is -0.380 e. The maximum Gasteiger partial charge on any atom is 0.106 e. The third-order valence-electron chi connectivity index (χ3n) is 3.00. The summed E-state index contributed by atoms with van der Waals surface area (Å²) in [5.41, 5.74) is 0. The molecule has 1 aliphatic rings.